The van der Waals surface area contributed by atoms with Crippen molar-refractivity contribution in [2.45, 2.75) is 6.92 Å². The third kappa shape index (κ3) is 3.54. The Balaban J connectivity index is 2.44. The lowest BCUT2D eigenvalue weighted by molar-refractivity contribution is 0.0500. The van der Waals surface area contributed by atoms with Crippen molar-refractivity contribution in [3.8, 4) is 5.75 Å². The van der Waals surface area contributed by atoms with Gasteiger partial charge in [-0.05, 0) is 30.7 Å². The van der Waals surface area contributed by atoms with Gasteiger partial charge in [-0.2, -0.15) is 0 Å². The highest BCUT2D eigenvalue weighted by atomic mass is 19.1. The molecule has 0 radical (unpaired) electrons. The fourth-order valence-corrected chi connectivity index (χ4v) is 2.03. The van der Waals surface area contributed by atoms with Crippen molar-refractivity contribution in [3.05, 3.63) is 64.5 Å². The van der Waals surface area contributed by atoms with Gasteiger partial charge in [0.25, 0.3) is 0 Å². The Morgan fingerprint density at radius 2 is 1.70 bits per heavy atom. The van der Waals surface area contributed by atoms with Gasteiger partial charge in [-0.3, -0.25) is 4.79 Å². The van der Waals surface area contributed by atoms with Gasteiger partial charge >= 0.3 is 5.97 Å². The van der Waals surface area contributed by atoms with E-state index in [1.165, 1.54) is 43.5 Å². The molecule has 0 spiro atoms. The van der Waals surface area contributed by atoms with E-state index < -0.39 is 17.6 Å². The van der Waals surface area contributed by atoms with Gasteiger partial charge in [0, 0.05) is 12.7 Å². The molecule has 0 unspecified atom stereocenters. The number of carbonyl (C=O) groups excluding carboxylic acids is 1. The monoisotopic (exact) mass is 318 g/mol. The van der Waals surface area contributed by atoms with E-state index in [9.17, 15) is 14.0 Å². The summed E-state index contributed by atoms with van der Waals surface area (Å²) in [5.41, 5.74) is 0.314. The highest BCUT2D eigenvalue weighted by Gasteiger charge is 2.21. The number of ketones is 1. The normalized spacial score (nSPS) is 10.4. The lowest BCUT2D eigenvalue weighted by Gasteiger charge is -2.12. The number of carbonyl (C=O) groups is 2. The summed E-state index contributed by atoms with van der Waals surface area (Å²) in [6.07, 6.45) is 0. The molecule has 0 heterocycles. The fraction of sp³-hybridized carbons (Fsp3) is 0.176. The lowest BCUT2D eigenvalue weighted by Crippen LogP contribution is -2.11. The van der Waals surface area contributed by atoms with E-state index in [-0.39, 0.29) is 29.2 Å². The molecular formula is C17H15FO5. The second-order valence-electron chi connectivity index (χ2n) is 4.83. The lowest BCUT2D eigenvalue weighted by atomic mass is 9.99. The van der Waals surface area contributed by atoms with Gasteiger partial charge in [0.2, 0.25) is 0 Å². The summed E-state index contributed by atoms with van der Waals surface area (Å²) in [5, 5.41) is 8.87. The Kier molecular flexibility index (Phi) is 5.08. The zero-order valence-corrected chi connectivity index (χ0v) is 12.6. The van der Waals surface area contributed by atoms with E-state index in [1.54, 1.807) is 6.92 Å². The molecule has 120 valence electrons. The molecule has 2 aromatic carbocycles. The number of halogens is 1. The molecule has 0 aliphatic carbocycles. The van der Waals surface area contributed by atoms with Crippen LogP contribution in [0.1, 0.15) is 31.8 Å². The van der Waals surface area contributed by atoms with Gasteiger partial charge in [-0.1, -0.05) is 18.2 Å². The number of methoxy groups -OCH3 is 1. The van der Waals surface area contributed by atoms with E-state index in [0.29, 0.717) is 5.56 Å². The number of aryl methyl sites for hydroxylation is 1. The van der Waals surface area contributed by atoms with Crippen molar-refractivity contribution in [3.63, 3.8) is 0 Å². The molecule has 0 atom stereocenters. The molecular weight excluding hydrogens is 303 g/mol. The maximum Gasteiger partial charge on any atom is 0.335 e. The zero-order valence-electron chi connectivity index (χ0n) is 12.6. The number of carboxylic acids is 1. The third-order valence-corrected chi connectivity index (χ3v) is 3.25. The minimum atomic E-state index is -1.10. The predicted molar refractivity (Wildman–Crippen MR) is 80.5 cm³/mol. The molecule has 5 nitrogen and oxygen atoms in total. The van der Waals surface area contributed by atoms with Gasteiger partial charge < -0.3 is 14.6 Å². The summed E-state index contributed by atoms with van der Waals surface area (Å²) in [7, 11) is 1.41. The average Bonchev–Trinajstić information content (AvgIpc) is 2.55. The van der Waals surface area contributed by atoms with Crippen LogP contribution in [0.3, 0.4) is 0 Å². The Morgan fingerprint density at radius 3 is 2.26 bits per heavy atom. The second-order valence-corrected chi connectivity index (χ2v) is 4.83. The van der Waals surface area contributed by atoms with Gasteiger partial charge in [0.1, 0.15) is 17.1 Å². The van der Waals surface area contributed by atoms with Gasteiger partial charge in [-0.15, -0.1) is 0 Å². The predicted octanol–water partition coefficient (Wildman–Crippen LogP) is 3.05. The van der Waals surface area contributed by atoms with Crippen LogP contribution in [-0.4, -0.2) is 30.8 Å². The maximum atomic E-state index is 14.4. The van der Waals surface area contributed by atoms with E-state index in [0.717, 1.165) is 0 Å². The highest BCUT2D eigenvalue weighted by molar-refractivity contribution is 6.11. The van der Waals surface area contributed by atoms with Crippen LogP contribution in [0.25, 0.3) is 0 Å². The quantitative estimate of drug-likeness (QED) is 0.654. The third-order valence-electron chi connectivity index (χ3n) is 3.25. The van der Waals surface area contributed by atoms with Crippen molar-refractivity contribution < 1.29 is 28.6 Å². The molecule has 0 amide bonds. The molecule has 23 heavy (non-hydrogen) atoms. The largest absolute Gasteiger partial charge is 0.478 e. The SMILES string of the molecule is COCOc1ccc(C)c(F)c1C(=O)c1ccc(C(=O)O)cc1. The topological polar surface area (TPSA) is 72.8 Å². The summed E-state index contributed by atoms with van der Waals surface area (Å²) in [4.78, 5) is 23.4. The van der Waals surface area contributed by atoms with Crippen molar-refractivity contribution in [2.75, 3.05) is 13.9 Å². The molecule has 1 N–H and O–H groups in total. The maximum absolute atomic E-state index is 14.4. The molecule has 0 saturated carbocycles. The highest BCUT2D eigenvalue weighted by Crippen LogP contribution is 2.27. The van der Waals surface area contributed by atoms with Crippen molar-refractivity contribution >= 4 is 11.8 Å². The number of ether oxygens (including phenoxy) is 2. The number of benzene rings is 2. The van der Waals surface area contributed by atoms with Gasteiger partial charge in [0.05, 0.1) is 5.56 Å². The summed E-state index contributed by atoms with van der Waals surface area (Å²) in [6.45, 7) is 1.42. The molecule has 0 bridgehead atoms. The molecule has 2 rings (SSSR count). The molecule has 2 aromatic rings. The minimum Gasteiger partial charge on any atom is -0.478 e. The molecule has 6 heteroatoms. The molecule has 0 fully saturated rings. The van der Waals surface area contributed by atoms with E-state index in [2.05, 4.69) is 0 Å². The van der Waals surface area contributed by atoms with Crippen LogP contribution in [0.4, 0.5) is 4.39 Å². The van der Waals surface area contributed by atoms with Crippen LogP contribution in [0.2, 0.25) is 0 Å². The number of hydrogen-bond acceptors (Lipinski definition) is 4. The summed E-state index contributed by atoms with van der Waals surface area (Å²) in [6, 6.07) is 8.26. The van der Waals surface area contributed by atoms with Crippen LogP contribution in [0.5, 0.6) is 5.75 Å². The summed E-state index contributed by atoms with van der Waals surface area (Å²) >= 11 is 0. The number of carboxylic acid groups (broad SMARTS) is 1. The summed E-state index contributed by atoms with van der Waals surface area (Å²) < 4.78 is 24.4. The van der Waals surface area contributed by atoms with Gasteiger partial charge in [-0.25, -0.2) is 9.18 Å². The summed E-state index contributed by atoms with van der Waals surface area (Å²) in [5.74, 6) is -2.29. The van der Waals surface area contributed by atoms with Crippen LogP contribution >= 0.6 is 0 Å². The smallest absolute Gasteiger partial charge is 0.335 e. The first-order valence-corrected chi connectivity index (χ1v) is 6.74. The molecule has 0 aliphatic heterocycles. The first kappa shape index (κ1) is 16.6. The Morgan fingerprint density at radius 1 is 1.09 bits per heavy atom. The number of rotatable bonds is 6. The molecule has 0 saturated heterocycles. The first-order chi connectivity index (χ1) is 11.0. The Bertz CT molecular complexity index is 737. The van der Waals surface area contributed by atoms with Crippen molar-refractivity contribution in [2.24, 2.45) is 0 Å². The average molecular weight is 318 g/mol. The standard InChI is InChI=1S/C17H15FO5/c1-10-3-8-13(23-9-22-2)14(15(10)18)16(19)11-4-6-12(7-5-11)17(20)21/h3-8H,9H2,1-2H3,(H,20,21). The van der Waals surface area contributed by atoms with Crippen LogP contribution in [0.15, 0.2) is 36.4 Å². The van der Waals surface area contributed by atoms with E-state index in [1.807, 2.05) is 0 Å². The molecule has 0 aliphatic rings. The van der Waals surface area contributed by atoms with Crippen LogP contribution in [0, 0.1) is 12.7 Å². The minimum absolute atomic E-state index is 0.0436. The van der Waals surface area contributed by atoms with Crippen LogP contribution in [-0.2, 0) is 4.74 Å². The van der Waals surface area contributed by atoms with Gasteiger partial charge in [0.15, 0.2) is 12.6 Å². The Labute approximate surface area is 132 Å². The van der Waals surface area contributed by atoms with Crippen LogP contribution < -0.4 is 4.74 Å². The van der Waals surface area contributed by atoms with Crippen molar-refractivity contribution in [1.29, 1.82) is 0 Å². The zero-order chi connectivity index (χ0) is 17.0. The fourth-order valence-electron chi connectivity index (χ4n) is 2.03. The van der Waals surface area contributed by atoms with E-state index >= 15 is 0 Å². The second kappa shape index (κ2) is 7.02. The Hall–Kier alpha value is -2.73. The van der Waals surface area contributed by atoms with Crippen molar-refractivity contribution in [1.82, 2.24) is 0 Å². The molecule has 0 aromatic heterocycles. The number of hydrogen-bond donors (Lipinski definition) is 1. The van der Waals surface area contributed by atoms with E-state index in [4.69, 9.17) is 14.6 Å². The first-order valence-electron chi connectivity index (χ1n) is 6.74. The number of aromatic carboxylic acids is 1.